The molecule has 0 saturated carbocycles. The first kappa shape index (κ1) is 11.0. The third-order valence-corrected chi connectivity index (χ3v) is 3.13. The number of rotatable bonds is 3. The van der Waals surface area contributed by atoms with Gasteiger partial charge in [0.05, 0.1) is 23.4 Å². The van der Waals surface area contributed by atoms with Crippen LogP contribution in [0.4, 0.5) is 0 Å². The van der Waals surface area contributed by atoms with Crippen LogP contribution < -0.4 is 4.74 Å². The number of nitrogens with zero attached hydrogens (tertiary/aromatic N) is 3. The quantitative estimate of drug-likeness (QED) is 0.571. The number of benzene rings is 1. The minimum Gasteiger partial charge on any atom is -0.469 e. The van der Waals surface area contributed by atoms with Gasteiger partial charge in [-0.3, -0.25) is 0 Å². The van der Waals surface area contributed by atoms with Crippen molar-refractivity contribution in [1.82, 2.24) is 14.6 Å². The molecule has 0 fully saturated rings. The lowest BCUT2D eigenvalue weighted by Gasteiger charge is -2.08. The third kappa shape index (κ3) is 1.72. The van der Waals surface area contributed by atoms with Gasteiger partial charge < -0.3 is 9.15 Å². The van der Waals surface area contributed by atoms with Crippen molar-refractivity contribution in [3.05, 3.63) is 60.7 Å². The van der Waals surface area contributed by atoms with Crippen LogP contribution in [0, 0.1) is 0 Å². The molecule has 20 heavy (non-hydrogen) atoms. The Kier molecular flexibility index (Phi) is 2.42. The molecular weight excluding hydrogens is 254 g/mol. The highest BCUT2D eigenvalue weighted by Crippen LogP contribution is 2.25. The van der Waals surface area contributed by atoms with Crippen molar-refractivity contribution in [1.29, 1.82) is 0 Å². The third-order valence-electron chi connectivity index (χ3n) is 3.13. The monoisotopic (exact) mass is 265 g/mol. The van der Waals surface area contributed by atoms with Crippen LogP contribution in [0.3, 0.4) is 0 Å². The molecule has 0 aliphatic rings. The summed E-state index contributed by atoms with van der Waals surface area (Å²) in [5.41, 5.74) is 1.73. The van der Waals surface area contributed by atoms with Gasteiger partial charge in [-0.2, -0.15) is 10.1 Å². The van der Waals surface area contributed by atoms with Gasteiger partial charge in [0.1, 0.15) is 12.4 Å². The average molecular weight is 265 g/mol. The summed E-state index contributed by atoms with van der Waals surface area (Å²) in [6.07, 6.45) is 3.36. The van der Waals surface area contributed by atoms with Gasteiger partial charge in [-0.25, -0.2) is 4.52 Å². The number of hydrogen-bond acceptors (Lipinski definition) is 4. The highest BCUT2D eigenvalue weighted by Gasteiger charge is 2.10. The van der Waals surface area contributed by atoms with E-state index in [1.165, 1.54) is 0 Å². The van der Waals surface area contributed by atoms with E-state index in [9.17, 15) is 0 Å². The van der Waals surface area contributed by atoms with Gasteiger partial charge in [-0.15, -0.1) is 0 Å². The summed E-state index contributed by atoms with van der Waals surface area (Å²) < 4.78 is 12.9. The highest BCUT2D eigenvalue weighted by molar-refractivity contribution is 5.85. The van der Waals surface area contributed by atoms with E-state index in [0.717, 1.165) is 22.3 Å². The molecular formula is C15H11N3O2. The van der Waals surface area contributed by atoms with E-state index in [1.807, 2.05) is 42.5 Å². The Hall–Kier alpha value is -2.82. The van der Waals surface area contributed by atoms with E-state index in [0.29, 0.717) is 12.5 Å². The molecule has 98 valence electrons. The van der Waals surface area contributed by atoms with Crippen LogP contribution in [-0.2, 0) is 6.61 Å². The summed E-state index contributed by atoms with van der Waals surface area (Å²) in [6.45, 7) is 0.355. The lowest BCUT2D eigenvalue weighted by Crippen LogP contribution is -2.00. The van der Waals surface area contributed by atoms with Crippen molar-refractivity contribution in [2.75, 3.05) is 0 Å². The Balaban J connectivity index is 1.83. The van der Waals surface area contributed by atoms with E-state index in [2.05, 4.69) is 10.1 Å². The normalized spacial score (nSPS) is 11.2. The molecule has 0 amide bonds. The number of furan rings is 1. The molecule has 0 unspecified atom stereocenters. The van der Waals surface area contributed by atoms with Crippen LogP contribution in [-0.4, -0.2) is 14.6 Å². The molecule has 3 aromatic heterocycles. The summed E-state index contributed by atoms with van der Waals surface area (Å²) >= 11 is 0. The molecule has 0 saturated heterocycles. The molecule has 0 radical (unpaired) electrons. The molecule has 0 aliphatic carbocycles. The minimum atomic E-state index is 0.355. The zero-order chi connectivity index (χ0) is 13.4. The molecule has 5 nitrogen and oxygen atoms in total. The fourth-order valence-corrected chi connectivity index (χ4v) is 2.21. The Morgan fingerprint density at radius 2 is 2.05 bits per heavy atom. The van der Waals surface area contributed by atoms with E-state index >= 15 is 0 Å². The first-order valence-corrected chi connectivity index (χ1v) is 6.29. The molecule has 4 rings (SSSR count). The lowest BCUT2D eigenvalue weighted by molar-refractivity contribution is 0.264. The van der Waals surface area contributed by atoms with Gasteiger partial charge in [0, 0.05) is 6.07 Å². The van der Waals surface area contributed by atoms with Crippen LogP contribution in [0.2, 0.25) is 0 Å². The fraction of sp³-hybridized carbons (Fsp3) is 0.0667. The second-order valence-corrected chi connectivity index (χ2v) is 4.40. The van der Waals surface area contributed by atoms with E-state index in [1.54, 1.807) is 17.0 Å². The largest absolute Gasteiger partial charge is 0.469 e. The van der Waals surface area contributed by atoms with Crippen molar-refractivity contribution >= 4 is 16.6 Å². The fourth-order valence-electron chi connectivity index (χ4n) is 2.21. The zero-order valence-electron chi connectivity index (χ0n) is 10.6. The van der Waals surface area contributed by atoms with E-state index in [4.69, 9.17) is 9.15 Å². The lowest BCUT2D eigenvalue weighted by atomic mass is 10.2. The van der Waals surface area contributed by atoms with Crippen LogP contribution in [0.15, 0.2) is 59.3 Å². The Labute approximate surface area is 114 Å². The van der Waals surface area contributed by atoms with Crippen LogP contribution >= 0.6 is 0 Å². The predicted molar refractivity (Wildman–Crippen MR) is 73.5 cm³/mol. The number of aromatic nitrogens is 3. The van der Waals surface area contributed by atoms with Gasteiger partial charge in [0.25, 0.3) is 0 Å². The van der Waals surface area contributed by atoms with Gasteiger partial charge >= 0.3 is 0 Å². The number of ether oxygens (including phenoxy) is 1. The summed E-state index contributed by atoms with van der Waals surface area (Å²) in [4.78, 5) is 4.50. The first-order valence-electron chi connectivity index (χ1n) is 6.29. The molecule has 0 N–H and O–H groups in total. The van der Waals surface area contributed by atoms with Gasteiger partial charge in [0.15, 0.2) is 5.65 Å². The standard InChI is InChI=1S/C15H11N3O2/c1-2-6-13-12(5-1)15(17-14-7-8-16-18(13)14)20-10-11-4-3-9-19-11/h1-9H,10H2. The average Bonchev–Trinajstić information content (AvgIpc) is 3.16. The van der Waals surface area contributed by atoms with E-state index in [-0.39, 0.29) is 0 Å². The molecule has 5 heteroatoms. The van der Waals surface area contributed by atoms with Crippen LogP contribution in [0.5, 0.6) is 5.88 Å². The topological polar surface area (TPSA) is 52.6 Å². The maximum absolute atomic E-state index is 5.80. The van der Waals surface area contributed by atoms with E-state index < -0.39 is 0 Å². The predicted octanol–water partition coefficient (Wildman–Crippen LogP) is 3.05. The zero-order valence-corrected chi connectivity index (χ0v) is 10.6. The summed E-state index contributed by atoms with van der Waals surface area (Å²) in [5.74, 6) is 1.36. The Bertz CT molecular complexity index is 865. The maximum atomic E-state index is 5.80. The smallest absolute Gasteiger partial charge is 0.225 e. The number of para-hydroxylation sites is 1. The van der Waals surface area contributed by atoms with Gasteiger partial charge in [-0.05, 0) is 24.3 Å². The molecule has 1 aromatic carbocycles. The Morgan fingerprint density at radius 3 is 2.95 bits per heavy atom. The van der Waals surface area contributed by atoms with Crippen molar-refractivity contribution in [2.45, 2.75) is 6.61 Å². The molecule has 4 aromatic rings. The molecule has 3 heterocycles. The van der Waals surface area contributed by atoms with Gasteiger partial charge in [-0.1, -0.05) is 12.1 Å². The first-order chi connectivity index (χ1) is 9.92. The second-order valence-electron chi connectivity index (χ2n) is 4.40. The van der Waals surface area contributed by atoms with Gasteiger partial charge in [0.2, 0.25) is 5.88 Å². The SMILES string of the molecule is c1coc(COc2nc3ccnn3c3ccccc23)c1. The van der Waals surface area contributed by atoms with Crippen LogP contribution in [0.25, 0.3) is 16.6 Å². The molecule has 0 bridgehead atoms. The molecule has 0 atom stereocenters. The number of hydrogen-bond donors (Lipinski definition) is 0. The summed E-state index contributed by atoms with van der Waals surface area (Å²) in [7, 11) is 0. The minimum absolute atomic E-state index is 0.355. The number of fused-ring (bicyclic) bond motifs is 3. The highest BCUT2D eigenvalue weighted by atomic mass is 16.5. The Morgan fingerprint density at radius 1 is 1.10 bits per heavy atom. The summed E-state index contributed by atoms with van der Waals surface area (Å²) in [6, 6.07) is 13.5. The molecule has 0 aliphatic heterocycles. The van der Waals surface area contributed by atoms with Crippen LogP contribution in [0.1, 0.15) is 5.76 Å². The van der Waals surface area contributed by atoms with Crippen molar-refractivity contribution in [2.24, 2.45) is 0 Å². The molecule has 0 spiro atoms. The second kappa shape index (κ2) is 4.38. The maximum Gasteiger partial charge on any atom is 0.225 e. The van der Waals surface area contributed by atoms with Crippen molar-refractivity contribution < 1.29 is 9.15 Å². The van der Waals surface area contributed by atoms with Crippen molar-refractivity contribution in [3.8, 4) is 5.88 Å². The van der Waals surface area contributed by atoms with Crippen molar-refractivity contribution in [3.63, 3.8) is 0 Å². The summed E-state index contributed by atoms with van der Waals surface area (Å²) in [5, 5.41) is 5.20.